The quantitative estimate of drug-likeness (QED) is 0.674. The third-order valence-corrected chi connectivity index (χ3v) is 4.02. The summed E-state index contributed by atoms with van der Waals surface area (Å²) in [7, 11) is 2.99. The molecule has 0 fully saturated rings. The van der Waals surface area contributed by atoms with Crippen molar-refractivity contribution >= 4 is 39.5 Å². The van der Waals surface area contributed by atoms with Crippen LogP contribution in [0.5, 0.6) is 11.5 Å². The molecule has 0 bridgehead atoms. The van der Waals surface area contributed by atoms with E-state index in [9.17, 15) is 14.4 Å². The van der Waals surface area contributed by atoms with E-state index < -0.39 is 24.5 Å². The SMILES string of the molecule is COc1ccc(NC(=O)NC(=O)COC(=O)c2cc(OC)ccc2Br)cc1. The molecule has 0 saturated heterocycles. The number of benzene rings is 2. The van der Waals surface area contributed by atoms with Crippen molar-refractivity contribution in [2.75, 3.05) is 26.1 Å². The smallest absolute Gasteiger partial charge is 0.339 e. The Hall–Kier alpha value is -3.07. The predicted molar refractivity (Wildman–Crippen MR) is 101 cm³/mol. The molecule has 0 aliphatic rings. The monoisotopic (exact) mass is 436 g/mol. The summed E-state index contributed by atoms with van der Waals surface area (Å²) < 4.78 is 15.5. The normalized spacial score (nSPS) is 9.89. The van der Waals surface area contributed by atoms with E-state index in [1.54, 1.807) is 36.4 Å². The Morgan fingerprint density at radius 3 is 2.22 bits per heavy atom. The van der Waals surface area contributed by atoms with Gasteiger partial charge in [-0.05, 0) is 58.4 Å². The second kappa shape index (κ2) is 9.58. The van der Waals surface area contributed by atoms with E-state index in [2.05, 4.69) is 26.6 Å². The summed E-state index contributed by atoms with van der Waals surface area (Å²) in [5, 5.41) is 4.54. The average Bonchev–Trinajstić information content (AvgIpc) is 2.67. The van der Waals surface area contributed by atoms with Crippen LogP contribution in [0.15, 0.2) is 46.9 Å². The number of hydrogen-bond donors (Lipinski definition) is 2. The zero-order chi connectivity index (χ0) is 19.8. The minimum atomic E-state index is -0.770. The zero-order valence-electron chi connectivity index (χ0n) is 14.6. The third-order valence-electron chi connectivity index (χ3n) is 3.33. The molecule has 2 aromatic carbocycles. The summed E-state index contributed by atoms with van der Waals surface area (Å²) in [6.07, 6.45) is 0. The van der Waals surface area contributed by atoms with Crippen LogP contribution in [-0.2, 0) is 9.53 Å². The molecule has 0 saturated carbocycles. The lowest BCUT2D eigenvalue weighted by atomic mass is 10.2. The van der Waals surface area contributed by atoms with Crippen molar-refractivity contribution in [3.8, 4) is 11.5 Å². The first-order valence-electron chi connectivity index (χ1n) is 7.68. The zero-order valence-corrected chi connectivity index (χ0v) is 16.2. The molecule has 0 aliphatic heterocycles. The molecule has 2 N–H and O–H groups in total. The summed E-state index contributed by atoms with van der Waals surface area (Å²) in [5.41, 5.74) is 0.670. The van der Waals surface area contributed by atoms with Crippen LogP contribution in [0, 0.1) is 0 Å². The van der Waals surface area contributed by atoms with Crippen LogP contribution < -0.4 is 20.1 Å². The Morgan fingerprint density at radius 2 is 1.59 bits per heavy atom. The number of urea groups is 1. The molecule has 142 valence electrons. The van der Waals surface area contributed by atoms with Gasteiger partial charge in [0, 0.05) is 10.2 Å². The van der Waals surface area contributed by atoms with Crippen LogP contribution in [0.3, 0.4) is 0 Å². The molecule has 0 atom stereocenters. The van der Waals surface area contributed by atoms with Crippen molar-refractivity contribution in [1.29, 1.82) is 0 Å². The van der Waals surface area contributed by atoms with E-state index in [0.29, 0.717) is 21.7 Å². The van der Waals surface area contributed by atoms with Crippen molar-refractivity contribution in [2.24, 2.45) is 0 Å². The van der Waals surface area contributed by atoms with E-state index in [1.807, 2.05) is 0 Å². The Morgan fingerprint density at radius 1 is 0.963 bits per heavy atom. The number of imide groups is 1. The van der Waals surface area contributed by atoms with Gasteiger partial charge in [0.25, 0.3) is 5.91 Å². The lowest BCUT2D eigenvalue weighted by molar-refractivity contribution is -0.123. The highest BCUT2D eigenvalue weighted by molar-refractivity contribution is 9.10. The first kappa shape index (κ1) is 20.2. The van der Waals surface area contributed by atoms with Crippen molar-refractivity contribution < 1.29 is 28.6 Å². The van der Waals surface area contributed by atoms with E-state index in [-0.39, 0.29) is 5.56 Å². The maximum absolute atomic E-state index is 12.1. The average molecular weight is 437 g/mol. The Balaban J connectivity index is 1.84. The van der Waals surface area contributed by atoms with Crippen LogP contribution in [0.1, 0.15) is 10.4 Å². The number of amides is 3. The minimum Gasteiger partial charge on any atom is -0.497 e. The molecule has 0 spiro atoms. The molecule has 2 rings (SSSR count). The largest absolute Gasteiger partial charge is 0.497 e. The van der Waals surface area contributed by atoms with E-state index >= 15 is 0 Å². The fourth-order valence-electron chi connectivity index (χ4n) is 2.00. The number of carbonyl (C=O) groups excluding carboxylic acids is 3. The molecular weight excluding hydrogens is 420 g/mol. The molecule has 0 radical (unpaired) electrons. The Bertz CT molecular complexity index is 838. The van der Waals surface area contributed by atoms with Crippen molar-refractivity contribution in [2.45, 2.75) is 0 Å². The summed E-state index contributed by atoms with van der Waals surface area (Å²) >= 11 is 3.22. The maximum atomic E-state index is 12.1. The summed E-state index contributed by atoms with van der Waals surface area (Å²) in [4.78, 5) is 35.6. The van der Waals surface area contributed by atoms with E-state index in [1.165, 1.54) is 20.3 Å². The van der Waals surface area contributed by atoms with E-state index in [4.69, 9.17) is 14.2 Å². The maximum Gasteiger partial charge on any atom is 0.339 e. The van der Waals surface area contributed by atoms with Crippen LogP contribution in [0.4, 0.5) is 10.5 Å². The molecule has 0 heterocycles. The number of rotatable bonds is 6. The molecule has 8 nitrogen and oxygen atoms in total. The molecule has 0 aromatic heterocycles. The van der Waals surface area contributed by atoms with Crippen molar-refractivity contribution in [3.63, 3.8) is 0 Å². The number of ether oxygens (including phenoxy) is 3. The summed E-state index contributed by atoms with van der Waals surface area (Å²) in [6, 6.07) is 10.6. The van der Waals surface area contributed by atoms with Gasteiger partial charge < -0.3 is 19.5 Å². The molecular formula is C18H17BrN2O6. The second-order valence-corrected chi connectivity index (χ2v) is 6.01. The Labute approximate surface area is 163 Å². The number of esters is 1. The third kappa shape index (κ3) is 6.00. The second-order valence-electron chi connectivity index (χ2n) is 5.15. The molecule has 3 amide bonds. The number of anilines is 1. The number of carbonyl (C=O) groups is 3. The van der Waals surface area contributed by atoms with Gasteiger partial charge in [-0.25, -0.2) is 9.59 Å². The first-order chi connectivity index (χ1) is 12.9. The minimum absolute atomic E-state index is 0.199. The topological polar surface area (TPSA) is 103 Å². The number of halogens is 1. The highest BCUT2D eigenvalue weighted by Crippen LogP contribution is 2.23. The lowest BCUT2D eigenvalue weighted by Gasteiger charge is -2.09. The van der Waals surface area contributed by atoms with Crippen LogP contribution in [0.2, 0.25) is 0 Å². The van der Waals surface area contributed by atoms with Gasteiger partial charge in [-0.15, -0.1) is 0 Å². The fraction of sp³-hybridized carbons (Fsp3) is 0.167. The lowest BCUT2D eigenvalue weighted by Crippen LogP contribution is -2.37. The highest BCUT2D eigenvalue weighted by atomic mass is 79.9. The molecule has 0 unspecified atom stereocenters. The number of nitrogens with one attached hydrogen (secondary N) is 2. The van der Waals surface area contributed by atoms with Crippen LogP contribution in [0.25, 0.3) is 0 Å². The molecule has 27 heavy (non-hydrogen) atoms. The van der Waals surface area contributed by atoms with Crippen LogP contribution in [-0.4, -0.2) is 38.7 Å². The number of methoxy groups -OCH3 is 2. The first-order valence-corrected chi connectivity index (χ1v) is 8.47. The fourth-order valence-corrected chi connectivity index (χ4v) is 2.40. The van der Waals surface area contributed by atoms with Gasteiger partial charge in [-0.1, -0.05) is 0 Å². The van der Waals surface area contributed by atoms with Gasteiger partial charge in [0.1, 0.15) is 11.5 Å². The van der Waals surface area contributed by atoms with Gasteiger partial charge in [0.2, 0.25) is 0 Å². The Kier molecular flexibility index (Phi) is 7.18. The van der Waals surface area contributed by atoms with Crippen molar-refractivity contribution in [1.82, 2.24) is 5.32 Å². The highest BCUT2D eigenvalue weighted by Gasteiger charge is 2.16. The van der Waals surface area contributed by atoms with Crippen LogP contribution >= 0.6 is 15.9 Å². The van der Waals surface area contributed by atoms with Gasteiger partial charge in [0.05, 0.1) is 19.8 Å². The van der Waals surface area contributed by atoms with Gasteiger partial charge in [-0.2, -0.15) is 0 Å². The van der Waals surface area contributed by atoms with Gasteiger partial charge in [0.15, 0.2) is 6.61 Å². The van der Waals surface area contributed by atoms with E-state index in [0.717, 1.165) is 0 Å². The summed E-state index contributed by atoms with van der Waals surface area (Å²) in [6.45, 7) is -0.613. The summed E-state index contributed by atoms with van der Waals surface area (Å²) in [5.74, 6) is -0.402. The molecule has 9 heteroatoms. The standard InChI is InChI=1S/C18H17BrN2O6/c1-25-12-5-3-11(4-6-12)20-18(24)21-16(22)10-27-17(23)14-9-13(26-2)7-8-15(14)19/h3-9H,10H2,1-2H3,(H2,20,21,22,24). The number of hydrogen-bond acceptors (Lipinski definition) is 6. The van der Waals surface area contributed by atoms with Gasteiger partial charge in [-0.3, -0.25) is 10.1 Å². The molecule has 2 aromatic rings. The van der Waals surface area contributed by atoms with Crippen molar-refractivity contribution in [3.05, 3.63) is 52.5 Å². The van der Waals surface area contributed by atoms with Gasteiger partial charge >= 0.3 is 12.0 Å². The predicted octanol–water partition coefficient (Wildman–Crippen LogP) is 2.97. The molecule has 0 aliphatic carbocycles.